The number of nitrogens with zero attached hydrogens (tertiary/aromatic N) is 1. The Balaban J connectivity index is 1.72. The minimum Gasteiger partial charge on any atom is -0.406 e. The maximum Gasteiger partial charge on any atom is 0.573 e. The number of carbonyl (C=O) groups excluding carboxylic acids is 2. The normalized spacial score (nSPS) is 14.2. The summed E-state index contributed by atoms with van der Waals surface area (Å²) >= 11 is 5.95. The van der Waals surface area contributed by atoms with E-state index in [0.29, 0.717) is 22.0 Å². The van der Waals surface area contributed by atoms with Gasteiger partial charge in [0, 0.05) is 10.7 Å². The van der Waals surface area contributed by atoms with Crippen LogP contribution in [0.15, 0.2) is 84.6 Å². The molecule has 3 aromatic rings. The summed E-state index contributed by atoms with van der Waals surface area (Å²) in [5.41, 5.74) is 1.26. The molecule has 0 fully saturated rings. The Morgan fingerprint density at radius 3 is 2.03 bits per heavy atom. The third kappa shape index (κ3) is 4.45. The quantitative estimate of drug-likeness (QED) is 0.503. The zero-order valence-corrected chi connectivity index (χ0v) is 16.9. The van der Waals surface area contributed by atoms with E-state index in [1.807, 2.05) is 0 Å². The second-order valence-corrected chi connectivity index (χ2v) is 7.17. The van der Waals surface area contributed by atoms with Crippen LogP contribution in [0.1, 0.15) is 5.56 Å². The molecule has 9 heteroatoms. The van der Waals surface area contributed by atoms with Gasteiger partial charge in [-0.15, -0.1) is 13.2 Å². The van der Waals surface area contributed by atoms with Gasteiger partial charge in [-0.3, -0.25) is 9.59 Å². The summed E-state index contributed by atoms with van der Waals surface area (Å²) in [7, 11) is 0. The van der Waals surface area contributed by atoms with Gasteiger partial charge >= 0.3 is 6.36 Å². The molecule has 0 spiro atoms. The number of anilines is 2. The first-order chi connectivity index (χ1) is 15.2. The number of rotatable bonds is 5. The summed E-state index contributed by atoms with van der Waals surface area (Å²) in [6.45, 7) is 0. The Labute approximate surface area is 185 Å². The topological polar surface area (TPSA) is 58.6 Å². The Kier molecular flexibility index (Phi) is 5.63. The number of imide groups is 1. The van der Waals surface area contributed by atoms with Gasteiger partial charge in [0.1, 0.15) is 11.4 Å². The van der Waals surface area contributed by atoms with Crippen molar-refractivity contribution in [2.24, 2.45) is 0 Å². The van der Waals surface area contributed by atoms with Crippen molar-refractivity contribution in [1.82, 2.24) is 0 Å². The number of carbonyl (C=O) groups is 2. The third-order valence-corrected chi connectivity index (χ3v) is 4.84. The monoisotopic (exact) mass is 458 g/mol. The van der Waals surface area contributed by atoms with E-state index in [0.717, 1.165) is 17.0 Å². The van der Waals surface area contributed by atoms with Crippen molar-refractivity contribution < 1.29 is 27.5 Å². The van der Waals surface area contributed by atoms with Gasteiger partial charge in [0.05, 0.1) is 11.3 Å². The van der Waals surface area contributed by atoms with E-state index in [9.17, 15) is 22.8 Å². The SMILES string of the molecule is O=C1C(Nc2ccc(OC(F)(F)F)cc2)=C(c2ccc(Cl)cc2)C(=O)N1c1ccccc1. The van der Waals surface area contributed by atoms with Gasteiger partial charge in [0.2, 0.25) is 0 Å². The molecule has 32 heavy (non-hydrogen) atoms. The molecule has 4 rings (SSSR count). The number of benzene rings is 3. The minimum absolute atomic E-state index is 0.00864. The molecule has 1 N–H and O–H groups in total. The lowest BCUT2D eigenvalue weighted by molar-refractivity contribution is -0.274. The molecule has 0 saturated carbocycles. The molecule has 0 radical (unpaired) electrons. The number of alkyl halides is 3. The van der Waals surface area contributed by atoms with E-state index in [2.05, 4.69) is 10.1 Å². The Hall–Kier alpha value is -3.78. The summed E-state index contributed by atoms with van der Waals surface area (Å²) in [5, 5.41) is 3.33. The van der Waals surface area contributed by atoms with Crippen LogP contribution in [0.5, 0.6) is 5.75 Å². The van der Waals surface area contributed by atoms with Gasteiger partial charge in [-0.05, 0) is 54.1 Å². The van der Waals surface area contributed by atoms with Crippen molar-refractivity contribution in [2.45, 2.75) is 6.36 Å². The van der Waals surface area contributed by atoms with Crippen LogP contribution < -0.4 is 15.0 Å². The van der Waals surface area contributed by atoms with Crippen LogP contribution in [0.2, 0.25) is 5.02 Å². The highest BCUT2D eigenvalue weighted by atomic mass is 35.5. The predicted molar refractivity (Wildman–Crippen MR) is 114 cm³/mol. The Bertz CT molecular complexity index is 1190. The first-order valence-corrected chi connectivity index (χ1v) is 9.67. The van der Waals surface area contributed by atoms with Gasteiger partial charge in [0.25, 0.3) is 11.8 Å². The first kappa shape index (κ1) is 21.5. The van der Waals surface area contributed by atoms with Crippen LogP contribution in [0, 0.1) is 0 Å². The van der Waals surface area contributed by atoms with Gasteiger partial charge in [-0.2, -0.15) is 0 Å². The number of halogens is 4. The number of nitrogens with one attached hydrogen (secondary N) is 1. The lowest BCUT2D eigenvalue weighted by Crippen LogP contribution is -2.32. The largest absolute Gasteiger partial charge is 0.573 e. The van der Waals surface area contributed by atoms with E-state index in [1.54, 1.807) is 54.6 Å². The number of hydrogen-bond acceptors (Lipinski definition) is 4. The summed E-state index contributed by atoms with van der Waals surface area (Å²) in [6, 6.07) is 19.6. The van der Waals surface area contributed by atoms with E-state index < -0.39 is 23.9 Å². The fourth-order valence-corrected chi connectivity index (χ4v) is 3.35. The lowest BCUT2D eigenvalue weighted by Gasteiger charge is -2.15. The predicted octanol–water partition coefficient (Wildman–Crippen LogP) is 5.64. The molecule has 5 nitrogen and oxygen atoms in total. The highest BCUT2D eigenvalue weighted by Crippen LogP contribution is 2.34. The zero-order chi connectivity index (χ0) is 22.9. The molecule has 0 aromatic heterocycles. The number of hydrogen-bond donors (Lipinski definition) is 1. The van der Waals surface area contributed by atoms with E-state index in [4.69, 9.17) is 11.6 Å². The lowest BCUT2D eigenvalue weighted by atomic mass is 10.0. The second-order valence-electron chi connectivity index (χ2n) is 6.74. The van der Waals surface area contributed by atoms with Gasteiger partial charge in [-0.1, -0.05) is 41.9 Å². The van der Waals surface area contributed by atoms with Gasteiger partial charge < -0.3 is 10.1 Å². The van der Waals surface area contributed by atoms with Crippen LogP contribution in [-0.4, -0.2) is 18.2 Å². The van der Waals surface area contributed by atoms with Crippen LogP contribution >= 0.6 is 11.6 Å². The fraction of sp³-hybridized carbons (Fsp3) is 0.0435. The smallest absolute Gasteiger partial charge is 0.406 e. The molecule has 0 saturated heterocycles. The van der Waals surface area contributed by atoms with Crippen molar-refractivity contribution in [3.8, 4) is 5.75 Å². The first-order valence-electron chi connectivity index (χ1n) is 9.30. The fourth-order valence-electron chi connectivity index (χ4n) is 3.23. The van der Waals surface area contributed by atoms with Crippen LogP contribution in [0.4, 0.5) is 24.5 Å². The Morgan fingerprint density at radius 1 is 0.812 bits per heavy atom. The number of para-hydroxylation sites is 1. The van der Waals surface area contributed by atoms with Crippen molar-refractivity contribution >= 4 is 40.4 Å². The van der Waals surface area contributed by atoms with E-state index in [1.165, 1.54) is 12.1 Å². The van der Waals surface area contributed by atoms with Crippen LogP contribution in [-0.2, 0) is 9.59 Å². The summed E-state index contributed by atoms with van der Waals surface area (Å²) in [5.74, 6) is -1.54. The van der Waals surface area contributed by atoms with Crippen molar-refractivity contribution in [3.63, 3.8) is 0 Å². The van der Waals surface area contributed by atoms with Crippen molar-refractivity contribution in [1.29, 1.82) is 0 Å². The highest BCUT2D eigenvalue weighted by Gasteiger charge is 2.40. The Morgan fingerprint density at radius 2 is 1.44 bits per heavy atom. The molecule has 0 bridgehead atoms. The molecule has 1 heterocycles. The molecule has 1 aliphatic rings. The maximum absolute atomic E-state index is 13.2. The standard InChI is InChI=1S/C23H14ClF3N2O3/c24-15-8-6-14(7-9-15)19-20(22(31)29(21(19)30)17-4-2-1-3-5-17)28-16-10-12-18(13-11-16)32-23(25,26)27/h1-13,28H. The summed E-state index contributed by atoms with van der Waals surface area (Å²) in [4.78, 5) is 27.5. The zero-order valence-electron chi connectivity index (χ0n) is 16.2. The molecule has 1 aliphatic heterocycles. The second kappa shape index (κ2) is 8.39. The summed E-state index contributed by atoms with van der Waals surface area (Å²) in [6.07, 6.45) is -4.82. The minimum atomic E-state index is -4.82. The third-order valence-electron chi connectivity index (χ3n) is 4.59. The van der Waals surface area contributed by atoms with Crippen LogP contribution in [0.3, 0.4) is 0 Å². The van der Waals surface area contributed by atoms with Crippen molar-refractivity contribution in [2.75, 3.05) is 10.2 Å². The van der Waals surface area contributed by atoms with E-state index in [-0.39, 0.29) is 11.3 Å². The highest BCUT2D eigenvalue weighted by molar-refractivity contribution is 6.46. The number of amides is 2. The molecular formula is C23H14ClF3N2O3. The number of ether oxygens (including phenoxy) is 1. The molecule has 3 aromatic carbocycles. The molecule has 2 amide bonds. The van der Waals surface area contributed by atoms with Gasteiger partial charge in [0.15, 0.2) is 0 Å². The maximum atomic E-state index is 13.2. The molecule has 162 valence electrons. The van der Waals surface area contributed by atoms with Crippen LogP contribution in [0.25, 0.3) is 5.57 Å². The summed E-state index contributed by atoms with van der Waals surface area (Å²) < 4.78 is 41.0. The molecular weight excluding hydrogens is 445 g/mol. The average molecular weight is 459 g/mol. The van der Waals surface area contributed by atoms with E-state index >= 15 is 0 Å². The molecule has 0 atom stereocenters. The van der Waals surface area contributed by atoms with Crippen molar-refractivity contribution in [3.05, 3.63) is 95.1 Å². The molecule has 0 unspecified atom stereocenters. The molecule has 0 aliphatic carbocycles. The average Bonchev–Trinajstić information content (AvgIpc) is 2.99. The van der Waals surface area contributed by atoms with Gasteiger partial charge in [-0.25, -0.2) is 4.90 Å².